The lowest BCUT2D eigenvalue weighted by Crippen LogP contribution is -1.98. The maximum Gasteiger partial charge on any atom is 0.322 e. The molecule has 0 aliphatic carbocycles. The van der Waals surface area contributed by atoms with Gasteiger partial charge in [-0.05, 0) is 6.92 Å². The van der Waals surface area contributed by atoms with E-state index < -0.39 is 0 Å². The average molecular weight is 199 g/mol. The Bertz CT molecular complexity index is 427. The lowest BCUT2D eigenvalue weighted by Gasteiger charge is -2.00. The first-order chi connectivity index (χ1) is 6.33. The quantitative estimate of drug-likeness (QED) is 0.727. The van der Waals surface area contributed by atoms with Gasteiger partial charge in [0, 0.05) is 0 Å². The lowest BCUT2D eigenvalue weighted by molar-refractivity contribution is 0.309. The fourth-order valence-electron chi connectivity index (χ4n) is 1.01. The molecule has 0 bridgehead atoms. The van der Waals surface area contributed by atoms with Gasteiger partial charge in [0.05, 0.1) is 19.0 Å². The fraction of sp³-hybridized carbons (Fsp3) is 0.286. The van der Waals surface area contributed by atoms with E-state index in [2.05, 4.69) is 15.2 Å². The Morgan fingerprint density at radius 1 is 1.46 bits per heavy atom. The molecular weight excluding hydrogens is 192 g/mol. The van der Waals surface area contributed by atoms with Gasteiger partial charge in [0.1, 0.15) is 5.15 Å². The number of rotatable bonds is 2. The molecule has 0 atom stereocenters. The van der Waals surface area contributed by atoms with Gasteiger partial charge in [0.25, 0.3) is 0 Å². The van der Waals surface area contributed by atoms with Crippen LogP contribution in [-0.2, 0) is 0 Å². The van der Waals surface area contributed by atoms with Gasteiger partial charge in [-0.15, -0.1) is 5.10 Å². The standard InChI is InChI=1S/C7H7ClN4O/c1-2-13-7-11-10-6-4-9-3-5(8)12(6)7/h3-4H,2H2,1H3. The van der Waals surface area contributed by atoms with Crippen LogP contribution in [0.2, 0.25) is 5.15 Å². The third kappa shape index (κ3) is 1.31. The summed E-state index contributed by atoms with van der Waals surface area (Å²) in [5.41, 5.74) is 0.580. The largest absolute Gasteiger partial charge is 0.464 e. The van der Waals surface area contributed by atoms with Crippen molar-refractivity contribution in [3.8, 4) is 6.01 Å². The van der Waals surface area contributed by atoms with Gasteiger partial charge in [-0.2, -0.15) is 0 Å². The maximum atomic E-state index is 5.88. The second-order valence-electron chi connectivity index (χ2n) is 2.34. The fourth-order valence-corrected chi connectivity index (χ4v) is 1.23. The molecule has 5 nitrogen and oxygen atoms in total. The first-order valence-corrected chi connectivity index (χ1v) is 4.18. The van der Waals surface area contributed by atoms with E-state index in [0.717, 1.165) is 0 Å². The van der Waals surface area contributed by atoms with Crippen LogP contribution in [0.15, 0.2) is 12.4 Å². The van der Waals surface area contributed by atoms with Crippen molar-refractivity contribution in [2.45, 2.75) is 6.92 Å². The highest BCUT2D eigenvalue weighted by molar-refractivity contribution is 6.29. The van der Waals surface area contributed by atoms with E-state index in [4.69, 9.17) is 16.3 Å². The van der Waals surface area contributed by atoms with Crippen molar-refractivity contribution in [2.24, 2.45) is 0 Å². The van der Waals surface area contributed by atoms with E-state index in [1.54, 1.807) is 10.6 Å². The first-order valence-electron chi connectivity index (χ1n) is 3.80. The summed E-state index contributed by atoms with van der Waals surface area (Å²) in [6.07, 6.45) is 3.09. The minimum atomic E-state index is 0.393. The maximum absolute atomic E-state index is 5.88. The molecule has 6 heteroatoms. The highest BCUT2D eigenvalue weighted by Crippen LogP contribution is 2.16. The van der Waals surface area contributed by atoms with Crippen molar-refractivity contribution in [2.75, 3.05) is 6.61 Å². The summed E-state index contributed by atoms with van der Waals surface area (Å²) in [5, 5.41) is 8.09. The monoisotopic (exact) mass is 198 g/mol. The molecule has 0 spiro atoms. The van der Waals surface area contributed by atoms with Crippen molar-refractivity contribution in [3.63, 3.8) is 0 Å². The number of ether oxygens (including phenoxy) is 1. The lowest BCUT2D eigenvalue weighted by atomic mass is 10.7. The molecule has 0 aliphatic rings. The Kier molecular flexibility index (Phi) is 2.02. The van der Waals surface area contributed by atoms with E-state index in [-0.39, 0.29) is 0 Å². The zero-order chi connectivity index (χ0) is 9.26. The van der Waals surface area contributed by atoms with E-state index in [0.29, 0.717) is 23.4 Å². The second kappa shape index (κ2) is 3.18. The van der Waals surface area contributed by atoms with Crippen LogP contribution in [0.5, 0.6) is 6.01 Å². The summed E-state index contributed by atoms with van der Waals surface area (Å²) in [4.78, 5) is 3.88. The zero-order valence-corrected chi connectivity index (χ0v) is 7.69. The molecule has 0 aromatic carbocycles. The molecule has 0 unspecified atom stereocenters. The molecular formula is C7H7ClN4O. The molecule has 2 rings (SSSR count). The number of hydrogen-bond donors (Lipinski definition) is 0. The van der Waals surface area contributed by atoms with Crippen molar-refractivity contribution in [1.82, 2.24) is 19.6 Å². The summed E-state index contributed by atoms with van der Waals surface area (Å²) in [7, 11) is 0. The predicted octanol–water partition coefficient (Wildman–Crippen LogP) is 1.18. The highest BCUT2D eigenvalue weighted by atomic mass is 35.5. The molecule has 2 aromatic rings. The van der Waals surface area contributed by atoms with Crippen molar-refractivity contribution >= 4 is 17.2 Å². The topological polar surface area (TPSA) is 52.3 Å². The van der Waals surface area contributed by atoms with Crippen LogP contribution in [0.1, 0.15) is 6.92 Å². The van der Waals surface area contributed by atoms with Crippen LogP contribution in [0.3, 0.4) is 0 Å². The van der Waals surface area contributed by atoms with Gasteiger partial charge < -0.3 is 4.74 Å². The molecule has 0 amide bonds. The Labute approximate surface area is 79.3 Å². The summed E-state index contributed by atoms with van der Waals surface area (Å²) in [6, 6.07) is 0.393. The third-order valence-electron chi connectivity index (χ3n) is 1.52. The smallest absolute Gasteiger partial charge is 0.322 e. The molecule has 68 valence electrons. The Balaban J connectivity index is 2.64. The molecule has 0 fully saturated rings. The Hall–Kier alpha value is -1.36. The zero-order valence-electron chi connectivity index (χ0n) is 6.94. The molecule has 0 saturated heterocycles. The van der Waals surface area contributed by atoms with Crippen molar-refractivity contribution in [1.29, 1.82) is 0 Å². The van der Waals surface area contributed by atoms with Crippen LogP contribution in [0.4, 0.5) is 0 Å². The normalized spacial score (nSPS) is 10.6. The van der Waals surface area contributed by atoms with Crippen molar-refractivity contribution < 1.29 is 4.74 Å². The predicted molar refractivity (Wildman–Crippen MR) is 47.0 cm³/mol. The number of fused-ring (bicyclic) bond motifs is 1. The SMILES string of the molecule is CCOc1nnc2cncc(Cl)n12. The number of halogens is 1. The molecule has 0 saturated carbocycles. The molecule has 0 radical (unpaired) electrons. The van der Waals surface area contributed by atoms with Gasteiger partial charge in [0.15, 0.2) is 5.65 Å². The van der Waals surface area contributed by atoms with Gasteiger partial charge in [-0.25, -0.2) is 4.40 Å². The van der Waals surface area contributed by atoms with E-state index >= 15 is 0 Å². The van der Waals surface area contributed by atoms with E-state index in [9.17, 15) is 0 Å². The average Bonchev–Trinajstić information content (AvgIpc) is 2.51. The summed E-state index contributed by atoms with van der Waals surface area (Å²) >= 11 is 5.88. The summed E-state index contributed by atoms with van der Waals surface area (Å²) in [5.74, 6) is 0. The number of nitrogens with zero attached hydrogens (tertiary/aromatic N) is 4. The second-order valence-corrected chi connectivity index (χ2v) is 2.73. The molecule has 0 aliphatic heterocycles. The Morgan fingerprint density at radius 2 is 2.31 bits per heavy atom. The van der Waals surface area contributed by atoms with Crippen LogP contribution in [0.25, 0.3) is 5.65 Å². The van der Waals surface area contributed by atoms with Crippen LogP contribution < -0.4 is 4.74 Å². The van der Waals surface area contributed by atoms with Crippen LogP contribution in [0, 0.1) is 0 Å². The van der Waals surface area contributed by atoms with Gasteiger partial charge in [-0.1, -0.05) is 16.7 Å². The van der Waals surface area contributed by atoms with Crippen molar-refractivity contribution in [3.05, 3.63) is 17.5 Å². The first kappa shape index (κ1) is 8.25. The molecule has 2 heterocycles. The van der Waals surface area contributed by atoms with Crippen LogP contribution in [-0.4, -0.2) is 26.2 Å². The van der Waals surface area contributed by atoms with Gasteiger partial charge >= 0.3 is 6.01 Å². The highest BCUT2D eigenvalue weighted by Gasteiger charge is 2.08. The van der Waals surface area contributed by atoms with Gasteiger partial charge in [0.2, 0.25) is 0 Å². The Morgan fingerprint density at radius 3 is 3.08 bits per heavy atom. The van der Waals surface area contributed by atoms with Gasteiger partial charge in [-0.3, -0.25) is 4.98 Å². The van der Waals surface area contributed by atoms with E-state index in [1.807, 2.05) is 6.92 Å². The number of aromatic nitrogens is 4. The minimum absolute atomic E-state index is 0.393. The molecule has 13 heavy (non-hydrogen) atoms. The summed E-state index contributed by atoms with van der Waals surface area (Å²) in [6.45, 7) is 2.40. The third-order valence-corrected chi connectivity index (χ3v) is 1.78. The van der Waals surface area contributed by atoms with Crippen LogP contribution >= 0.6 is 11.6 Å². The minimum Gasteiger partial charge on any atom is -0.464 e. The summed E-state index contributed by atoms with van der Waals surface area (Å²) < 4.78 is 6.81. The molecule has 0 N–H and O–H groups in total. The van der Waals surface area contributed by atoms with E-state index in [1.165, 1.54) is 6.20 Å². The number of hydrogen-bond acceptors (Lipinski definition) is 4. The molecule has 2 aromatic heterocycles.